The molecule has 0 saturated carbocycles. The molecule has 1 N–H and O–H groups in total. The number of aryl methyl sites for hydroxylation is 1. The van der Waals surface area contributed by atoms with E-state index >= 15 is 0 Å². The second-order valence-electron chi connectivity index (χ2n) is 4.30. The Hall–Kier alpha value is -1.69. The number of carbonyl (C=O) groups excluding carboxylic acids is 1. The molecule has 5 nitrogen and oxygen atoms in total. The number of rotatable bonds is 5. The molecule has 2 aromatic heterocycles. The molecule has 0 spiro atoms. The van der Waals surface area contributed by atoms with Crippen LogP contribution >= 0.6 is 11.5 Å². The predicted molar refractivity (Wildman–Crippen MR) is 72.2 cm³/mol. The van der Waals surface area contributed by atoms with Crippen molar-refractivity contribution in [1.82, 2.24) is 14.2 Å². The second-order valence-corrected chi connectivity index (χ2v) is 5.08. The first-order valence-electron chi connectivity index (χ1n) is 5.79. The average molecular weight is 264 g/mol. The predicted octanol–water partition coefficient (Wildman–Crippen LogP) is 2.35. The van der Waals surface area contributed by atoms with Gasteiger partial charge in [-0.05, 0) is 38.4 Å². The fourth-order valence-electron chi connectivity index (χ4n) is 1.84. The van der Waals surface area contributed by atoms with Gasteiger partial charge in [0.25, 0.3) is 0 Å². The van der Waals surface area contributed by atoms with Gasteiger partial charge in [-0.3, -0.25) is 9.48 Å². The number of hydrogen-bond donors (Lipinski definition) is 1. The van der Waals surface area contributed by atoms with Crippen LogP contribution in [0.2, 0.25) is 0 Å². The molecule has 18 heavy (non-hydrogen) atoms. The van der Waals surface area contributed by atoms with E-state index in [1.807, 2.05) is 23.9 Å². The summed E-state index contributed by atoms with van der Waals surface area (Å²) in [5.41, 5.74) is 1.49. The van der Waals surface area contributed by atoms with E-state index in [-0.39, 0.29) is 11.8 Å². The van der Waals surface area contributed by atoms with Crippen molar-refractivity contribution in [2.45, 2.75) is 33.4 Å². The summed E-state index contributed by atoms with van der Waals surface area (Å²) in [6.45, 7) is 6.23. The molecule has 2 aromatic rings. The smallest absolute Gasteiger partial charge is 0.164 e. The van der Waals surface area contributed by atoms with Gasteiger partial charge >= 0.3 is 0 Å². The number of hydrogen-bond acceptors (Lipinski definition) is 5. The zero-order valence-corrected chi connectivity index (χ0v) is 11.5. The molecule has 0 amide bonds. The van der Waals surface area contributed by atoms with E-state index in [0.29, 0.717) is 5.56 Å². The SMILES string of the molecule is CC(=O)c1c(C)nsc1NC(C)Cn1cccn1. The van der Waals surface area contributed by atoms with Crippen LogP contribution in [0.5, 0.6) is 0 Å². The molecule has 96 valence electrons. The average Bonchev–Trinajstić information content (AvgIpc) is 2.88. The normalized spacial score (nSPS) is 12.4. The summed E-state index contributed by atoms with van der Waals surface area (Å²) in [4.78, 5) is 11.6. The van der Waals surface area contributed by atoms with Crippen LogP contribution in [0.25, 0.3) is 0 Å². The third-order valence-corrected chi connectivity index (χ3v) is 3.48. The van der Waals surface area contributed by atoms with Crippen LogP contribution in [0.4, 0.5) is 5.00 Å². The maximum atomic E-state index is 11.6. The van der Waals surface area contributed by atoms with E-state index < -0.39 is 0 Å². The van der Waals surface area contributed by atoms with Gasteiger partial charge in [0.05, 0.1) is 17.8 Å². The van der Waals surface area contributed by atoms with Crippen molar-refractivity contribution in [1.29, 1.82) is 0 Å². The number of carbonyl (C=O) groups is 1. The molecule has 0 aliphatic carbocycles. The lowest BCUT2D eigenvalue weighted by Crippen LogP contribution is -2.22. The van der Waals surface area contributed by atoms with Crippen LogP contribution in [-0.2, 0) is 6.54 Å². The first-order chi connectivity index (χ1) is 8.58. The molecular formula is C12H16N4OS. The summed E-state index contributed by atoms with van der Waals surface area (Å²) < 4.78 is 6.08. The number of Topliss-reactive ketones (excluding diaryl/α,β-unsaturated/α-hetero) is 1. The van der Waals surface area contributed by atoms with Gasteiger partial charge < -0.3 is 5.32 Å². The molecule has 0 aliphatic heterocycles. The summed E-state index contributed by atoms with van der Waals surface area (Å²) in [7, 11) is 0. The van der Waals surface area contributed by atoms with Crippen LogP contribution in [-0.4, -0.2) is 26.0 Å². The quantitative estimate of drug-likeness (QED) is 0.842. The molecule has 0 bridgehead atoms. The standard InChI is InChI=1S/C12H16N4OS/c1-8(7-16-6-4-5-13-16)14-12-11(10(3)17)9(2)15-18-12/h4-6,8,14H,7H2,1-3H3. The topological polar surface area (TPSA) is 59.8 Å². The van der Waals surface area contributed by atoms with Crippen LogP contribution in [0.15, 0.2) is 18.5 Å². The Bertz CT molecular complexity index is 532. The van der Waals surface area contributed by atoms with Crippen LogP contribution in [0.3, 0.4) is 0 Å². The molecule has 0 fully saturated rings. The van der Waals surface area contributed by atoms with Crippen molar-refractivity contribution >= 4 is 22.3 Å². The summed E-state index contributed by atoms with van der Waals surface area (Å²) in [6.07, 6.45) is 3.67. The summed E-state index contributed by atoms with van der Waals surface area (Å²) in [5.74, 6) is 0.0510. The van der Waals surface area contributed by atoms with Crippen molar-refractivity contribution in [3.05, 3.63) is 29.7 Å². The Morgan fingerprint density at radius 1 is 1.61 bits per heavy atom. The Balaban J connectivity index is 2.07. The third-order valence-electron chi connectivity index (χ3n) is 2.61. The van der Waals surface area contributed by atoms with E-state index in [0.717, 1.165) is 17.2 Å². The molecular weight excluding hydrogens is 248 g/mol. The van der Waals surface area contributed by atoms with Crippen LogP contribution in [0, 0.1) is 6.92 Å². The van der Waals surface area contributed by atoms with Gasteiger partial charge in [0.15, 0.2) is 5.78 Å². The zero-order valence-electron chi connectivity index (χ0n) is 10.7. The molecule has 0 aromatic carbocycles. The fourth-order valence-corrected chi connectivity index (χ4v) is 2.80. The zero-order chi connectivity index (χ0) is 13.1. The Labute approximate surface area is 110 Å². The Kier molecular flexibility index (Phi) is 3.76. The number of ketones is 1. The molecule has 1 unspecified atom stereocenters. The van der Waals surface area contributed by atoms with E-state index in [9.17, 15) is 4.79 Å². The Morgan fingerprint density at radius 2 is 2.39 bits per heavy atom. The fraction of sp³-hybridized carbons (Fsp3) is 0.417. The maximum Gasteiger partial charge on any atom is 0.164 e. The third kappa shape index (κ3) is 2.76. The summed E-state index contributed by atoms with van der Waals surface area (Å²) in [5, 5.41) is 8.33. The van der Waals surface area contributed by atoms with Crippen molar-refractivity contribution < 1.29 is 4.79 Å². The van der Waals surface area contributed by atoms with Gasteiger partial charge in [-0.25, -0.2) is 0 Å². The minimum Gasteiger partial charge on any atom is -0.371 e. The van der Waals surface area contributed by atoms with E-state index in [4.69, 9.17) is 0 Å². The van der Waals surface area contributed by atoms with Crippen LogP contribution in [0.1, 0.15) is 29.9 Å². The van der Waals surface area contributed by atoms with Gasteiger partial charge in [0.1, 0.15) is 5.00 Å². The highest BCUT2D eigenvalue weighted by Gasteiger charge is 2.16. The highest BCUT2D eigenvalue weighted by molar-refractivity contribution is 7.10. The molecule has 0 radical (unpaired) electrons. The molecule has 2 rings (SSSR count). The van der Waals surface area contributed by atoms with Gasteiger partial charge in [-0.15, -0.1) is 0 Å². The number of aromatic nitrogens is 3. The first kappa shape index (κ1) is 12.8. The van der Waals surface area contributed by atoms with E-state index in [2.05, 4.69) is 21.7 Å². The summed E-state index contributed by atoms with van der Waals surface area (Å²) >= 11 is 1.33. The minimum absolute atomic E-state index is 0.0510. The summed E-state index contributed by atoms with van der Waals surface area (Å²) in [6, 6.07) is 2.08. The monoisotopic (exact) mass is 264 g/mol. The van der Waals surface area contributed by atoms with Gasteiger partial charge in [0.2, 0.25) is 0 Å². The van der Waals surface area contributed by atoms with E-state index in [1.54, 1.807) is 13.1 Å². The first-order valence-corrected chi connectivity index (χ1v) is 6.56. The minimum atomic E-state index is 0.0510. The molecule has 2 heterocycles. The maximum absolute atomic E-state index is 11.6. The van der Waals surface area contributed by atoms with Gasteiger partial charge in [-0.1, -0.05) is 0 Å². The highest BCUT2D eigenvalue weighted by Crippen LogP contribution is 2.25. The van der Waals surface area contributed by atoms with Crippen molar-refractivity contribution in [2.75, 3.05) is 5.32 Å². The van der Waals surface area contributed by atoms with Gasteiger partial charge in [0, 0.05) is 18.4 Å². The molecule has 0 saturated heterocycles. The lowest BCUT2D eigenvalue weighted by Gasteiger charge is -2.14. The highest BCUT2D eigenvalue weighted by atomic mass is 32.1. The molecule has 1 atom stereocenters. The number of nitrogens with one attached hydrogen (secondary N) is 1. The largest absolute Gasteiger partial charge is 0.371 e. The van der Waals surface area contributed by atoms with Crippen LogP contribution < -0.4 is 5.32 Å². The van der Waals surface area contributed by atoms with Crippen molar-refractivity contribution in [3.63, 3.8) is 0 Å². The second kappa shape index (κ2) is 5.30. The lowest BCUT2D eigenvalue weighted by atomic mass is 10.2. The molecule has 0 aliphatic rings. The van der Waals surface area contributed by atoms with Gasteiger partial charge in [-0.2, -0.15) is 9.47 Å². The number of nitrogens with zero attached hydrogens (tertiary/aromatic N) is 3. The number of anilines is 1. The molecule has 6 heteroatoms. The van der Waals surface area contributed by atoms with Crippen molar-refractivity contribution in [2.24, 2.45) is 0 Å². The van der Waals surface area contributed by atoms with E-state index in [1.165, 1.54) is 11.5 Å². The lowest BCUT2D eigenvalue weighted by molar-refractivity contribution is 0.101. The van der Waals surface area contributed by atoms with Crippen molar-refractivity contribution in [3.8, 4) is 0 Å². The Morgan fingerprint density at radius 3 is 3.00 bits per heavy atom.